The lowest BCUT2D eigenvalue weighted by atomic mass is 10.1. The maximum Gasteiger partial charge on any atom is 0.257 e. The molecule has 0 aliphatic carbocycles. The number of phenolic OH excluding ortho intramolecular Hbond substituents is 1. The lowest BCUT2D eigenvalue weighted by molar-refractivity contribution is 0.0533. The van der Waals surface area contributed by atoms with Gasteiger partial charge in [-0.15, -0.1) is 0 Å². The van der Waals surface area contributed by atoms with Crippen LogP contribution in [0.4, 0.5) is 0 Å². The molecule has 8 heteroatoms. The molecule has 3 rings (SSSR count). The van der Waals surface area contributed by atoms with Gasteiger partial charge in [0, 0.05) is 30.7 Å². The van der Waals surface area contributed by atoms with Crippen molar-refractivity contribution in [3.8, 4) is 5.75 Å². The van der Waals surface area contributed by atoms with Crippen molar-refractivity contribution in [2.24, 2.45) is 0 Å². The molecule has 26 heavy (non-hydrogen) atoms. The lowest BCUT2D eigenvalue weighted by Gasteiger charge is -2.35. The molecule has 0 radical (unpaired) electrons. The van der Waals surface area contributed by atoms with Crippen LogP contribution in [0, 0.1) is 0 Å². The van der Waals surface area contributed by atoms with E-state index in [9.17, 15) is 14.7 Å². The molecule has 1 aliphatic heterocycles. The summed E-state index contributed by atoms with van der Waals surface area (Å²) in [5.74, 6) is -0.547. The van der Waals surface area contributed by atoms with Gasteiger partial charge < -0.3 is 14.9 Å². The molecule has 1 aliphatic rings. The van der Waals surface area contributed by atoms with Gasteiger partial charge in [-0.1, -0.05) is 45.2 Å². The van der Waals surface area contributed by atoms with Crippen molar-refractivity contribution in [3.63, 3.8) is 0 Å². The Kier molecular flexibility index (Phi) is 5.75. The molecule has 2 aromatic carbocycles. The molecule has 2 aromatic rings. The highest BCUT2D eigenvalue weighted by molar-refractivity contribution is 9.10. The van der Waals surface area contributed by atoms with Crippen molar-refractivity contribution in [1.82, 2.24) is 9.80 Å². The second-order valence-corrected chi connectivity index (χ2v) is 7.55. The first kappa shape index (κ1) is 19.0. The molecule has 1 fully saturated rings. The summed E-state index contributed by atoms with van der Waals surface area (Å²) in [5.41, 5.74) is 0.584. The quantitative estimate of drug-likeness (QED) is 0.739. The highest BCUT2D eigenvalue weighted by Crippen LogP contribution is 2.27. The van der Waals surface area contributed by atoms with E-state index in [-0.39, 0.29) is 28.1 Å². The van der Waals surface area contributed by atoms with Gasteiger partial charge in [-0.25, -0.2) is 0 Å². The van der Waals surface area contributed by atoms with Crippen molar-refractivity contribution in [2.45, 2.75) is 0 Å². The van der Waals surface area contributed by atoms with Crippen LogP contribution in [0.1, 0.15) is 20.7 Å². The van der Waals surface area contributed by atoms with E-state index in [1.54, 1.807) is 40.1 Å². The third-order valence-corrected chi connectivity index (χ3v) is 5.54. The summed E-state index contributed by atoms with van der Waals surface area (Å²) in [7, 11) is 0. The van der Waals surface area contributed by atoms with Crippen molar-refractivity contribution >= 4 is 50.9 Å². The molecular weight excluding hydrogens is 443 g/mol. The Morgan fingerprint density at radius 1 is 0.923 bits per heavy atom. The maximum absolute atomic E-state index is 12.7. The van der Waals surface area contributed by atoms with Gasteiger partial charge in [0.05, 0.1) is 21.2 Å². The number of carbonyl (C=O) groups excluding carboxylic acids is 2. The molecule has 1 N–H and O–H groups in total. The zero-order valence-corrected chi connectivity index (χ0v) is 16.7. The molecule has 136 valence electrons. The number of piperazine rings is 1. The minimum atomic E-state index is -0.267. The van der Waals surface area contributed by atoms with E-state index in [0.29, 0.717) is 41.2 Å². The molecule has 2 amide bonds. The fraction of sp³-hybridized carbons (Fsp3) is 0.222. The average Bonchev–Trinajstić information content (AvgIpc) is 2.65. The first-order chi connectivity index (χ1) is 12.4. The fourth-order valence-electron chi connectivity index (χ4n) is 2.80. The van der Waals surface area contributed by atoms with Gasteiger partial charge in [0.25, 0.3) is 11.8 Å². The van der Waals surface area contributed by atoms with Crippen molar-refractivity contribution in [3.05, 3.63) is 62.0 Å². The van der Waals surface area contributed by atoms with Crippen molar-refractivity contribution in [1.29, 1.82) is 0 Å². The standard InChI is InChI=1S/C18H15BrCl2N2O3/c19-11-4-5-15(24)13(10-11)18(26)23-8-6-22(7-9-23)17(25)12-2-1-3-14(20)16(12)21/h1-5,10,24H,6-9H2. The summed E-state index contributed by atoms with van der Waals surface area (Å²) in [6.07, 6.45) is 0. The van der Waals surface area contributed by atoms with Crippen LogP contribution in [0.5, 0.6) is 5.75 Å². The summed E-state index contributed by atoms with van der Waals surface area (Å²) < 4.78 is 0.711. The van der Waals surface area contributed by atoms with E-state index in [4.69, 9.17) is 23.2 Å². The van der Waals surface area contributed by atoms with Gasteiger partial charge >= 0.3 is 0 Å². The number of carbonyl (C=O) groups is 2. The summed E-state index contributed by atoms with van der Waals surface area (Å²) in [5, 5.41) is 10.5. The number of halogens is 3. The minimum absolute atomic E-state index is 0.0672. The van der Waals surface area contributed by atoms with Crippen LogP contribution in [-0.4, -0.2) is 52.9 Å². The molecule has 5 nitrogen and oxygen atoms in total. The molecule has 0 aromatic heterocycles. The summed E-state index contributed by atoms with van der Waals surface area (Å²) in [6.45, 7) is 1.49. The zero-order chi connectivity index (χ0) is 18.8. The zero-order valence-electron chi connectivity index (χ0n) is 13.6. The second kappa shape index (κ2) is 7.86. The smallest absolute Gasteiger partial charge is 0.257 e. The van der Waals surface area contributed by atoms with E-state index in [1.807, 2.05) is 0 Å². The van der Waals surface area contributed by atoms with Crippen molar-refractivity contribution < 1.29 is 14.7 Å². The molecule has 0 unspecified atom stereocenters. The fourth-order valence-corrected chi connectivity index (χ4v) is 3.54. The molecule has 0 bridgehead atoms. The van der Waals surface area contributed by atoms with Gasteiger partial charge in [0.1, 0.15) is 5.75 Å². The Morgan fingerprint density at radius 2 is 1.50 bits per heavy atom. The number of nitrogens with zero attached hydrogens (tertiary/aromatic N) is 2. The summed E-state index contributed by atoms with van der Waals surface area (Å²) in [6, 6.07) is 9.66. The molecule has 1 saturated heterocycles. The largest absolute Gasteiger partial charge is 0.507 e. The number of hydrogen-bond donors (Lipinski definition) is 1. The van der Waals surface area contributed by atoms with Crippen LogP contribution >= 0.6 is 39.1 Å². The molecular formula is C18H15BrCl2N2O3. The minimum Gasteiger partial charge on any atom is -0.507 e. The third kappa shape index (κ3) is 3.82. The number of benzene rings is 2. The SMILES string of the molecule is O=C(c1cc(Br)ccc1O)N1CCN(C(=O)c2cccc(Cl)c2Cl)CC1. The van der Waals surface area contributed by atoms with Crippen LogP contribution in [-0.2, 0) is 0 Å². The number of phenols is 1. The summed E-state index contributed by atoms with van der Waals surface area (Å²) in [4.78, 5) is 28.5. The summed E-state index contributed by atoms with van der Waals surface area (Å²) >= 11 is 15.4. The Bertz CT molecular complexity index is 846. The van der Waals surface area contributed by atoms with Gasteiger partial charge in [-0.05, 0) is 30.3 Å². The maximum atomic E-state index is 12.7. The number of aromatic hydroxyl groups is 1. The predicted octanol–water partition coefficient (Wildman–Crippen LogP) is 4.06. The topological polar surface area (TPSA) is 60.9 Å². The Labute approximate surface area is 169 Å². The monoisotopic (exact) mass is 456 g/mol. The first-order valence-electron chi connectivity index (χ1n) is 7.89. The van der Waals surface area contributed by atoms with Crippen LogP contribution < -0.4 is 0 Å². The van der Waals surface area contributed by atoms with E-state index < -0.39 is 0 Å². The average molecular weight is 458 g/mol. The Morgan fingerprint density at radius 3 is 2.12 bits per heavy atom. The van der Waals surface area contributed by atoms with E-state index in [0.717, 1.165) is 0 Å². The first-order valence-corrected chi connectivity index (χ1v) is 9.44. The van der Waals surface area contributed by atoms with Crippen molar-refractivity contribution in [2.75, 3.05) is 26.2 Å². The third-order valence-electron chi connectivity index (χ3n) is 4.23. The molecule has 0 saturated carbocycles. The van der Waals surface area contributed by atoms with E-state index in [2.05, 4.69) is 15.9 Å². The predicted molar refractivity (Wildman–Crippen MR) is 104 cm³/mol. The van der Waals surface area contributed by atoms with Crippen LogP contribution in [0.25, 0.3) is 0 Å². The highest BCUT2D eigenvalue weighted by atomic mass is 79.9. The molecule has 0 atom stereocenters. The highest BCUT2D eigenvalue weighted by Gasteiger charge is 2.27. The Hall–Kier alpha value is -1.76. The van der Waals surface area contributed by atoms with Crippen LogP contribution in [0.15, 0.2) is 40.9 Å². The second-order valence-electron chi connectivity index (χ2n) is 5.85. The molecule has 0 spiro atoms. The number of rotatable bonds is 2. The van der Waals surface area contributed by atoms with E-state index >= 15 is 0 Å². The van der Waals surface area contributed by atoms with E-state index in [1.165, 1.54) is 6.07 Å². The normalized spacial score (nSPS) is 14.4. The van der Waals surface area contributed by atoms with Gasteiger partial charge in [0.15, 0.2) is 0 Å². The van der Waals surface area contributed by atoms with Gasteiger partial charge in [-0.3, -0.25) is 9.59 Å². The van der Waals surface area contributed by atoms with Gasteiger partial charge in [-0.2, -0.15) is 0 Å². The van der Waals surface area contributed by atoms with Crippen LogP contribution in [0.3, 0.4) is 0 Å². The lowest BCUT2D eigenvalue weighted by Crippen LogP contribution is -2.50. The Balaban J connectivity index is 1.69. The number of hydrogen-bond acceptors (Lipinski definition) is 3. The number of amides is 2. The van der Waals surface area contributed by atoms with Gasteiger partial charge in [0.2, 0.25) is 0 Å². The van der Waals surface area contributed by atoms with Crippen LogP contribution in [0.2, 0.25) is 10.0 Å². The molecule has 1 heterocycles.